The summed E-state index contributed by atoms with van der Waals surface area (Å²) in [6, 6.07) is 0. The van der Waals surface area contributed by atoms with Crippen LogP contribution in [0.5, 0.6) is 0 Å². The predicted molar refractivity (Wildman–Crippen MR) is 219 cm³/mol. The van der Waals surface area contributed by atoms with E-state index in [0.29, 0.717) is 19.3 Å². The molecule has 0 amide bonds. The van der Waals surface area contributed by atoms with E-state index >= 15 is 0 Å². The van der Waals surface area contributed by atoms with E-state index in [4.69, 9.17) is 14.2 Å². The summed E-state index contributed by atoms with van der Waals surface area (Å²) in [4.78, 5) is 37.6. The fourth-order valence-corrected chi connectivity index (χ4v) is 6.26. The standard InChI is InChI=1S/C46H84O6/c1-4-7-10-13-16-19-21-22-23-24-25-28-30-33-36-39-45(48)51-42-43(41-50-44(47)38-35-32-29-26-18-15-12-9-6-3)52-46(49)40-37-34-31-27-20-17-14-11-8-5-2/h19,21,26,29,43H,4-18,20,22-25,27-28,30-42H2,1-3H3/b21-19-,29-26-. The Morgan fingerprint density at radius 2 is 0.654 bits per heavy atom. The molecule has 0 aromatic rings. The molecule has 0 aromatic heterocycles. The van der Waals surface area contributed by atoms with Gasteiger partial charge in [-0.05, 0) is 64.2 Å². The van der Waals surface area contributed by atoms with Crippen molar-refractivity contribution in [3.8, 4) is 0 Å². The van der Waals surface area contributed by atoms with E-state index in [9.17, 15) is 14.4 Å². The molecule has 0 spiro atoms. The molecule has 0 aliphatic heterocycles. The molecule has 1 atom stereocenters. The first-order valence-electron chi connectivity index (χ1n) is 22.3. The molecule has 304 valence electrons. The van der Waals surface area contributed by atoms with Gasteiger partial charge < -0.3 is 14.2 Å². The van der Waals surface area contributed by atoms with Gasteiger partial charge in [-0.3, -0.25) is 14.4 Å². The van der Waals surface area contributed by atoms with Crippen molar-refractivity contribution in [1.29, 1.82) is 0 Å². The van der Waals surface area contributed by atoms with Gasteiger partial charge in [0, 0.05) is 19.3 Å². The van der Waals surface area contributed by atoms with Gasteiger partial charge in [-0.15, -0.1) is 0 Å². The molecule has 1 unspecified atom stereocenters. The molecule has 6 heteroatoms. The van der Waals surface area contributed by atoms with Crippen LogP contribution in [0, 0.1) is 0 Å². The minimum absolute atomic E-state index is 0.0795. The van der Waals surface area contributed by atoms with Crippen molar-refractivity contribution < 1.29 is 28.6 Å². The molecule has 0 fully saturated rings. The maximum Gasteiger partial charge on any atom is 0.306 e. The van der Waals surface area contributed by atoms with E-state index in [-0.39, 0.29) is 31.1 Å². The SMILES string of the molecule is CCCCCC/C=C\CCCCCCCCCC(=O)OCC(COC(=O)CCC/C=C\CCCCCC)OC(=O)CCCCCCCCCCCC. The van der Waals surface area contributed by atoms with Crippen molar-refractivity contribution in [3.63, 3.8) is 0 Å². The van der Waals surface area contributed by atoms with Crippen molar-refractivity contribution in [2.24, 2.45) is 0 Å². The molecule has 0 aliphatic carbocycles. The lowest BCUT2D eigenvalue weighted by Crippen LogP contribution is -2.30. The van der Waals surface area contributed by atoms with Crippen LogP contribution in [0.4, 0.5) is 0 Å². The molecule has 52 heavy (non-hydrogen) atoms. The van der Waals surface area contributed by atoms with Crippen molar-refractivity contribution in [3.05, 3.63) is 24.3 Å². The van der Waals surface area contributed by atoms with Crippen LogP contribution < -0.4 is 0 Å². The first-order chi connectivity index (χ1) is 25.5. The van der Waals surface area contributed by atoms with E-state index in [1.54, 1.807) is 0 Å². The molecule has 0 aromatic carbocycles. The summed E-state index contributed by atoms with van der Waals surface area (Å²) in [7, 11) is 0. The lowest BCUT2D eigenvalue weighted by atomic mass is 10.1. The maximum atomic E-state index is 12.6. The molecular weight excluding hydrogens is 648 g/mol. The summed E-state index contributed by atoms with van der Waals surface area (Å²) in [5.41, 5.74) is 0. The van der Waals surface area contributed by atoms with Crippen LogP contribution in [0.15, 0.2) is 24.3 Å². The summed E-state index contributed by atoms with van der Waals surface area (Å²) >= 11 is 0. The molecule has 0 saturated heterocycles. The summed E-state index contributed by atoms with van der Waals surface area (Å²) in [6.45, 7) is 6.55. The summed E-state index contributed by atoms with van der Waals surface area (Å²) in [6.07, 6.45) is 44.5. The number of rotatable bonds is 40. The van der Waals surface area contributed by atoms with Crippen molar-refractivity contribution >= 4 is 17.9 Å². The Labute approximate surface area is 322 Å². The van der Waals surface area contributed by atoms with Crippen LogP contribution in [0.25, 0.3) is 0 Å². The molecule has 6 nitrogen and oxygen atoms in total. The Morgan fingerprint density at radius 1 is 0.365 bits per heavy atom. The van der Waals surface area contributed by atoms with Crippen LogP contribution in [0.1, 0.15) is 233 Å². The smallest absolute Gasteiger partial charge is 0.306 e. The quantitative estimate of drug-likeness (QED) is 0.0270. The van der Waals surface area contributed by atoms with Crippen LogP contribution in [0.3, 0.4) is 0 Å². The highest BCUT2D eigenvalue weighted by Crippen LogP contribution is 2.14. The van der Waals surface area contributed by atoms with Gasteiger partial charge in [0.25, 0.3) is 0 Å². The molecule has 0 bridgehead atoms. The van der Waals surface area contributed by atoms with Gasteiger partial charge >= 0.3 is 17.9 Å². The van der Waals surface area contributed by atoms with Crippen molar-refractivity contribution in [2.75, 3.05) is 13.2 Å². The Morgan fingerprint density at radius 3 is 1.06 bits per heavy atom. The van der Waals surface area contributed by atoms with Gasteiger partial charge in [-0.1, -0.05) is 173 Å². The third-order valence-electron chi connectivity index (χ3n) is 9.68. The van der Waals surface area contributed by atoms with Crippen LogP contribution >= 0.6 is 0 Å². The molecule has 0 heterocycles. The van der Waals surface area contributed by atoms with E-state index in [2.05, 4.69) is 45.1 Å². The highest BCUT2D eigenvalue weighted by atomic mass is 16.6. The second-order valence-corrected chi connectivity index (χ2v) is 15.0. The minimum atomic E-state index is -0.776. The van der Waals surface area contributed by atoms with Crippen LogP contribution in [-0.2, 0) is 28.6 Å². The third kappa shape index (κ3) is 39.1. The fraction of sp³-hybridized carbons (Fsp3) is 0.848. The van der Waals surface area contributed by atoms with E-state index in [1.807, 2.05) is 0 Å². The maximum absolute atomic E-state index is 12.6. The zero-order chi connectivity index (χ0) is 38.0. The summed E-state index contributed by atoms with van der Waals surface area (Å²) in [5.74, 6) is -0.920. The number of carbonyl (C=O) groups excluding carboxylic acids is 3. The van der Waals surface area contributed by atoms with Gasteiger partial charge in [0.1, 0.15) is 13.2 Å². The van der Waals surface area contributed by atoms with Crippen molar-refractivity contribution in [1.82, 2.24) is 0 Å². The number of esters is 3. The second-order valence-electron chi connectivity index (χ2n) is 15.0. The molecular formula is C46H84O6. The average Bonchev–Trinajstić information content (AvgIpc) is 3.14. The first-order valence-corrected chi connectivity index (χ1v) is 22.3. The summed E-state index contributed by atoms with van der Waals surface area (Å²) < 4.78 is 16.6. The highest BCUT2D eigenvalue weighted by Gasteiger charge is 2.19. The highest BCUT2D eigenvalue weighted by molar-refractivity contribution is 5.71. The van der Waals surface area contributed by atoms with Crippen LogP contribution in [0.2, 0.25) is 0 Å². The van der Waals surface area contributed by atoms with Gasteiger partial charge in [-0.25, -0.2) is 0 Å². The number of unbranched alkanes of at least 4 members (excludes halogenated alkanes) is 25. The van der Waals surface area contributed by atoms with E-state index < -0.39 is 6.10 Å². The normalized spacial score (nSPS) is 12.1. The van der Waals surface area contributed by atoms with Gasteiger partial charge in [0.2, 0.25) is 0 Å². The average molecular weight is 733 g/mol. The third-order valence-corrected chi connectivity index (χ3v) is 9.68. The van der Waals surface area contributed by atoms with Gasteiger partial charge in [0.05, 0.1) is 0 Å². The lowest BCUT2D eigenvalue weighted by Gasteiger charge is -2.18. The largest absolute Gasteiger partial charge is 0.462 e. The minimum Gasteiger partial charge on any atom is -0.462 e. The van der Waals surface area contributed by atoms with E-state index in [0.717, 1.165) is 57.8 Å². The van der Waals surface area contributed by atoms with Gasteiger partial charge in [0.15, 0.2) is 6.10 Å². The number of hydrogen-bond acceptors (Lipinski definition) is 6. The van der Waals surface area contributed by atoms with Gasteiger partial charge in [-0.2, -0.15) is 0 Å². The second kappa shape index (κ2) is 41.6. The predicted octanol–water partition coefficient (Wildman–Crippen LogP) is 14.0. The number of allylic oxidation sites excluding steroid dienone is 4. The number of hydrogen-bond donors (Lipinski definition) is 0. The Balaban J connectivity index is 4.34. The zero-order valence-corrected chi connectivity index (χ0v) is 34.6. The number of carbonyl (C=O) groups is 3. The fourth-order valence-electron chi connectivity index (χ4n) is 6.26. The zero-order valence-electron chi connectivity index (χ0n) is 34.6. The topological polar surface area (TPSA) is 78.9 Å². The molecule has 0 saturated carbocycles. The van der Waals surface area contributed by atoms with E-state index in [1.165, 1.54) is 135 Å². The Hall–Kier alpha value is -2.11. The molecule has 0 radical (unpaired) electrons. The molecule has 0 rings (SSSR count). The molecule has 0 aliphatic rings. The Kier molecular flexibility index (Phi) is 40.0. The first kappa shape index (κ1) is 49.9. The number of ether oxygens (including phenoxy) is 3. The summed E-state index contributed by atoms with van der Waals surface area (Å²) in [5, 5.41) is 0. The lowest BCUT2D eigenvalue weighted by molar-refractivity contribution is -0.167. The van der Waals surface area contributed by atoms with Crippen LogP contribution in [-0.4, -0.2) is 37.2 Å². The van der Waals surface area contributed by atoms with Crippen molar-refractivity contribution in [2.45, 2.75) is 239 Å². The monoisotopic (exact) mass is 733 g/mol. The Bertz CT molecular complexity index is 850. The molecule has 0 N–H and O–H groups in total.